The molecule has 2 aromatic heterocycles. The molecule has 3 heteroatoms. The SMILES string of the molecule is CC(C)(C)Cc1ccc2c(ccc3c2sc2c(-c4ccccc4)ncc(C#N)c23)c1. The molecular weight excluding hydrogens is 384 g/mol. The first kappa shape index (κ1) is 18.8. The number of pyridine rings is 1. The zero-order valence-corrected chi connectivity index (χ0v) is 18.2. The van der Waals surface area contributed by atoms with Crippen molar-refractivity contribution >= 4 is 42.3 Å². The lowest BCUT2D eigenvalue weighted by Gasteiger charge is -2.18. The van der Waals surface area contributed by atoms with Gasteiger partial charge in [0.2, 0.25) is 0 Å². The zero-order valence-electron chi connectivity index (χ0n) is 17.4. The van der Waals surface area contributed by atoms with Gasteiger partial charge in [-0.25, -0.2) is 0 Å². The third kappa shape index (κ3) is 3.14. The minimum atomic E-state index is 0.257. The molecule has 0 aliphatic carbocycles. The molecule has 0 fully saturated rings. The van der Waals surface area contributed by atoms with Gasteiger partial charge >= 0.3 is 0 Å². The van der Waals surface area contributed by atoms with Gasteiger partial charge in [0, 0.05) is 27.2 Å². The van der Waals surface area contributed by atoms with Crippen LogP contribution in [0.1, 0.15) is 31.9 Å². The van der Waals surface area contributed by atoms with Gasteiger partial charge in [-0.15, -0.1) is 11.3 Å². The fraction of sp³-hybridized carbons (Fsp3) is 0.185. The zero-order chi connectivity index (χ0) is 20.9. The monoisotopic (exact) mass is 406 g/mol. The van der Waals surface area contributed by atoms with E-state index in [2.05, 4.69) is 74.3 Å². The molecule has 0 bridgehead atoms. The quantitative estimate of drug-likeness (QED) is 0.301. The Morgan fingerprint density at radius 2 is 1.70 bits per heavy atom. The van der Waals surface area contributed by atoms with Crippen LogP contribution in [-0.2, 0) is 6.42 Å². The number of thiophene rings is 1. The van der Waals surface area contributed by atoms with Crippen molar-refractivity contribution in [3.8, 4) is 17.3 Å². The first-order valence-electron chi connectivity index (χ1n) is 10.2. The van der Waals surface area contributed by atoms with Gasteiger partial charge in [0.1, 0.15) is 6.07 Å². The van der Waals surface area contributed by atoms with Crippen LogP contribution in [0.3, 0.4) is 0 Å². The molecule has 0 saturated carbocycles. The lowest BCUT2D eigenvalue weighted by Crippen LogP contribution is -2.08. The second-order valence-corrected chi connectivity index (χ2v) is 10.1. The summed E-state index contributed by atoms with van der Waals surface area (Å²) in [6.07, 6.45) is 2.77. The Kier molecular flexibility index (Phi) is 4.34. The normalized spacial score (nSPS) is 11.9. The smallest absolute Gasteiger partial charge is 0.101 e. The Hall–Kier alpha value is -3.22. The van der Waals surface area contributed by atoms with Crippen molar-refractivity contribution in [2.24, 2.45) is 5.41 Å². The highest BCUT2D eigenvalue weighted by Gasteiger charge is 2.18. The topological polar surface area (TPSA) is 36.7 Å². The summed E-state index contributed by atoms with van der Waals surface area (Å²) in [6, 6.07) is 23.8. The van der Waals surface area contributed by atoms with Crippen molar-refractivity contribution in [1.29, 1.82) is 5.26 Å². The van der Waals surface area contributed by atoms with Crippen molar-refractivity contribution < 1.29 is 0 Å². The Morgan fingerprint density at radius 3 is 2.43 bits per heavy atom. The van der Waals surface area contributed by atoms with Gasteiger partial charge < -0.3 is 0 Å². The highest BCUT2D eigenvalue weighted by molar-refractivity contribution is 7.27. The van der Waals surface area contributed by atoms with E-state index in [4.69, 9.17) is 0 Å². The van der Waals surface area contributed by atoms with Gasteiger partial charge in [-0.2, -0.15) is 5.26 Å². The van der Waals surface area contributed by atoms with E-state index in [1.807, 2.05) is 18.2 Å². The van der Waals surface area contributed by atoms with E-state index >= 15 is 0 Å². The van der Waals surface area contributed by atoms with Crippen molar-refractivity contribution in [2.75, 3.05) is 0 Å². The second-order valence-electron chi connectivity index (χ2n) is 9.04. The maximum Gasteiger partial charge on any atom is 0.101 e. The van der Waals surface area contributed by atoms with Crippen LogP contribution in [-0.4, -0.2) is 4.98 Å². The van der Waals surface area contributed by atoms with Crippen LogP contribution in [0, 0.1) is 16.7 Å². The molecular formula is C27H22N2S. The molecule has 0 saturated heterocycles. The summed E-state index contributed by atoms with van der Waals surface area (Å²) in [7, 11) is 0. The van der Waals surface area contributed by atoms with E-state index in [0.29, 0.717) is 5.56 Å². The molecule has 0 spiro atoms. The maximum absolute atomic E-state index is 9.75. The summed E-state index contributed by atoms with van der Waals surface area (Å²) < 4.78 is 2.31. The summed E-state index contributed by atoms with van der Waals surface area (Å²) >= 11 is 1.75. The third-order valence-corrected chi connectivity index (χ3v) is 6.69. The highest BCUT2D eigenvalue weighted by Crippen LogP contribution is 2.43. The van der Waals surface area contributed by atoms with Gasteiger partial charge in [-0.1, -0.05) is 81.4 Å². The molecule has 0 amide bonds. The van der Waals surface area contributed by atoms with Crippen LogP contribution < -0.4 is 0 Å². The fourth-order valence-electron chi connectivity index (χ4n) is 4.23. The second kappa shape index (κ2) is 6.93. The van der Waals surface area contributed by atoms with Gasteiger partial charge in [-0.3, -0.25) is 4.98 Å². The molecule has 2 nitrogen and oxygen atoms in total. The lowest BCUT2D eigenvalue weighted by molar-refractivity contribution is 0.411. The largest absolute Gasteiger partial charge is 0.253 e. The van der Waals surface area contributed by atoms with Crippen LogP contribution in [0.2, 0.25) is 0 Å². The number of fused-ring (bicyclic) bond motifs is 5. The summed E-state index contributed by atoms with van der Waals surface area (Å²) in [4.78, 5) is 4.67. The number of rotatable bonds is 2. The standard InChI is InChI=1S/C27H22N2S/c1-27(2,3)14-17-9-11-21-19(13-17)10-12-22-23-20(15-28)16-29-24(26(23)30-25(21)22)18-7-5-4-6-8-18/h4-13,16H,14H2,1-3H3. The molecule has 0 unspecified atom stereocenters. The number of aromatic nitrogens is 1. The predicted molar refractivity (Wildman–Crippen MR) is 128 cm³/mol. The van der Waals surface area contributed by atoms with Crippen molar-refractivity contribution in [3.63, 3.8) is 0 Å². The Morgan fingerprint density at radius 1 is 0.933 bits per heavy atom. The van der Waals surface area contributed by atoms with Gasteiger partial charge in [0.05, 0.1) is 16.0 Å². The Labute approximate surface area is 180 Å². The van der Waals surface area contributed by atoms with E-state index in [1.54, 1.807) is 17.5 Å². The third-order valence-electron chi connectivity index (χ3n) is 5.44. The van der Waals surface area contributed by atoms with E-state index in [1.165, 1.54) is 21.0 Å². The first-order chi connectivity index (χ1) is 14.4. The molecule has 0 aliphatic rings. The predicted octanol–water partition coefficient (Wildman–Crippen LogP) is 7.73. The summed E-state index contributed by atoms with van der Waals surface area (Å²) in [6.45, 7) is 6.82. The van der Waals surface area contributed by atoms with Crippen molar-refractivity contribution in [1.82, 2.24) is 4.98 Å². The van der Waals surface area contributed by atoms with Crippen molar-refractivity contribution in [3.05, 3.63) is 78.0 Å². The average Bonchev–Trinajstić information content (AvgIpc) is 3.12. The van der Waals surface area contributed by atoms with Crippen LogP contribution in [0.5, 0.6) is 0 Å². The fourth-order valence-corrected chi connectivity index (χ4v) is 5.60. The molecule has 3 aromatic carbocycles. The van der Waals surface area contributed by atoms with Gasteiger partial charge in [0.25, 0.3) is 0 Å². The number of benzene rings is 3. The molecule has 0 atom stereocenters. The van der Waals surface area contributed by atoms with E-state index in [9.17, 15) is 5.26 Å². The molecule has 5 rings (SSSR count). The van der Waals surface area contributed by atoms with E-state index in [-0.39, 0.29) is 5.41 Å². The van der Waals surface area contributed by atoms with Gasteiger partial charge in [0.15, 0.2) is 0 Å². The Balaban J connectivity index is 1.81. The molecule has 0 radical (unpaired) electrons. The number of nitrogens with zero attached hydrogens (tertiary/aromatic N) is 2. The molecule has 2 heterocycles. The number of hydrogen-bond donors (Lipinski definition) is 0. The van der Waals surface area contributed by atoms with Crippen LogP contribution in [0.4, 0.5) is 0 Å². The number of nitriles is 1. The minimum absolute atomic E-state index is 0.257. The molecule has 0 N–H and O–H groups in total. The molecule has 0 aliphatic heterocycles. The number of hydrogen-bond acceptors (Lipinski definition) is 3. The average molecular weight is 407 g/mol. The molecule has 30 heavy (non-hydrogen) atoms. The first-order valence-corrected chi connectivity index (χ1v) is 11.0. The summed E-state index contributed by atoms with van der Waals surface area (Å²) in [5.74, 6) is 0. The summed E-state index contributed by atoms with van der Waals surface area (Å²) in [5.41, 5.74) is 4.28. The summed E-state index contributed by atoms with van der Waals surface area (Å²) in [5, 5.41) is 14.4. The maximum atomic E-state index is 9.75. The van der Waals surface area contributed by atoms with Crippen molar-refractivity contribution in [2.45, 2.75) is 27.2 Å². The van der Waals surface area contributed by atoms with E-state index < -0.39 is 0 Å². The molecule has 146 valence electrons. The van der Waals surface area contributed by atoms with E-state index in [0.717, 1.165) is 33.2 Å². The highest BCUT2D eigenvalue weighted by atomic mass is 32.1. The lowest BCUT2D eigenvalue weighted by atomic mass is 9.87. The van der Waals surface area contributed by atoms with Crippen LogP contribution in [0.25, 0.3) is 42.2 Å². The Bertz CT molecular complexity index is 1450. The van der Waals surface area contributed by atoms with Crippen LogP contribution >= 0.6 is 11.3 Å². The minimum Gasteiger partial charge on any atom is -0.253 e. The molecule has 5 aromatic rings. The van der Waals surface area contributed by atoms with Crippen LogP contribution in [0.15, 0.2) is 66.9 Å². The van der Waals surface area contributed by atoms with Gasteiger partial charge in [-0.05, 0) is 28.2 Å².